The van der Waals surface area contributed by atoms with E-state index in [0.29, 0.717) is 18.2 Å². The van der Waals surface area contributed by atoms with Crippen LogP contribution in [-0.4, -0.2) is 44.4 Å². The molecule has 0 spiro atoms. The maximum Gasteiger partial charge on any atom is 0.338 e. The Morgan fingerprint density at radius 1 is 1.50 bits per heavy atom. The van der Waals surface area contributed by atoms with Crippen molar-refractivity contribution in [3.8, 4) is 0 Å². The van der Waals surface area contributed by atoms with Gasteiger partial charge in [-0.05, 0) is 25.0 Å². The highest BCUT2D eigenvalue weighted by molar-refractivity contribution is 5.90. The van der Waals surface area contributed by atoms with E-state index >= 15 is 0 Å². The zero-order valence-electron chi connectivity index (χ0n) is 10.8. The van der Waals surface area contributed by atoms with Gasteiger partial charge in [0.15, 0.2) is 0 Å². The van der Waals surface area contributed by atoms with Gasteiger partial charge < -0.3 is 14.4 Å². The topological polar surface area (TPSA) is 51.7 Å². The maximum absolute atomic E-state index is 11.5. The van der Waals surface area contributed by atoms with E-state index in [-0.39, 0.29) is 5.97 Å². The van der Waals surface area contributed by atoms with Crippen LogP contribution in [0, 0.1) is 0 Å². The number of anilines is 1. The molecule has 0 aromatic carbocycles. The van der Waals surface area contributed by atoms with Gasteiger partial charge in [0.2, 0.25) is 0 Å². The average molecular weight is 250 g/mol. The standard InChI is InChI=1S/C13H18N2O3/c1-17-8-7-15(11-3-4-11)12-9-10(5-6-14-12)13(16)18-2/h5-6,9,11H,3-4,7-8H2,1-2H3. The highest BCUT2D eigenvalue weighted by atomic mass is 16.5. The van der Waals surface area contributed by atoms with Crippen molar-refractivity contribution >= 4 is 11.8 Å². The fourth-order valence-corrected chi connectivity index (χ4v) is 1.88. The highest BCUT2D eigenvalue weighted by Gasteiger charge is 2.30. The molecule has 1 aliphatic rings. The summed E-state index contributed by atoms with van der Waals surface area (Å²) < 4.78 is 9.83. The molecule has 0 radical (unpaired) electrons. The first-order valence-electron chi connectivity index (χ1n) is 6.06. The summed E-state index contributed by atoms with van der Waals surface area (Å²) in [6, 6.07) is 3.97. The van der Waals surface area contributed by atoms with E-state index < -0.39 is 0 Å². The summed E-state index contributed by atoms with van der Waals surface area (Å²) >= 11 is 0. The number of hydrogen-bond donors (Lipinski definition) is 0. The fraction of sp³-hybridized carbons (Fsp3) is 0.538. The van der Waals surface area contributed by atoms with E-state index in [1.807, 2.05) is 0 Å². The summed E-state index contributed by atoms with van der Waals surface area (Å²) in [5, 5.41) is 0. The predicted octanol–water partition coefficient (Wildman–Crippen LogP) is 1.48. The first-order chi connectivity index (χ1) is 8.76. The summed E-state index contributed by atoms with van der Waals surface area (Å²) in [4.78, 5) is 18.0. The van der Waals surface area contributed by atoms with Crippen LogP contribution in [0.15, 0.2) is 18.3 Å². The molecule has 1 aromatic rings. The minimum absolute atomic E-state index is 0.332. The van der Waals surface area contributed by atoms with E-state index in [4.69, 9.17) is 9.47 Å². The molecule has 5 heteroatoms. The van der Waals surface area contributed by atoms with Gasteiger partial charge in [0.25, 0.3) is 0 Å². The molecule has 0 aliphatic heterocycles. The molecular formula is C13H18N2O3. The predicted molar refractivity (Wildman–Crippen MR) is 67.8 cm³/mol. The normalized spacial score (nSPS) is 14.3. The number of pyridine rings is 1. The molecule has 1 aliphatic carbocycles. The van der Waals surface area contributed by atoms with Crippen LogP contribution in [0.1, 0.15) is 23.2 Å². The van der Waals surface area contributed by atoms with Gasteiger partial charge in [-0.25, -0.2) is 9.78 Å². The second kappa shape index (κ2) is 5.82. The number of carbonyl (C=O) groups is 1. The summed E-state index contributed by atoms with van der Waals surface area (Å²) in [7, 11) is 3.06. The van der Waals surface area contributed by atoms with Crippen LogP contribution < -0.4 is 4.90 Å². The molecule has 0 N–H and O–H groups in total. The summed E-state index contributed by atoms with van der Waals surface area (Å²) in [5.74, 6) is 0.485. The molecule has 2 rings (SSSR count). The van der Waals surface area contributed by atoms with Gasteiger partial charge in [-0.3, -0.25) is 0 Å². The average Bonchev–Trinajstić information content (AvgIpc) is 3.23. The van der Waals surface area contributed by atoms with E-state index in [2.05, 4.69) is 9.88 Å². The minimum Gasteiger partial charge on any atom is -0.465 e. The maximum atomic E-state index is 11.5. The van der Waals surface area contributed by atoms with Gasteiger partial charge >= 0.3 is 5.97 Å². The number of ether oxygens (including phenoxy) is 2. The van der Waals surface area contributed by atoms with E-state index in [0.717, 1.165) is 12.4 Å². The van der Waals surface area contributed by atoms with Crippen molar-refractivity contribution in [2.45, 2.75) is 18.9 Å². The smallest absolute Gasteiger partial charge is 0.338 e. The fourth-order valence-electron chi connectivity index (χ4n) is 1.88. The summed E-state index contributed by atoms with van der Waals surface area (Å²) in [6.07, 6.45) is 3.99. The number of methoxy groups -OCH3 is 2. The van der Waals surface area contributed by atoms with Crippen LogP contribution in [0.3, 0.4) is 0 Å². The molecule has 98 valence electrons. The molecule has 0 unspecified atom stereocenters. The van der Waals surface area contributed by atoms with Crippen molar-refractivity contribution in [1.29, 1.82) is 0 Å². The number of carbonyl (C=O) groups excluding carboxylic acids is 1. The second-order valence-corrected chi connectivity index (χ2v) is 4.31. The zero-order valence-corrected chi connectivity index (χ0v) is 10.8. The van der Waals surface area contributed by atoms with Gasteiger partial charge in [0.1, 0.15) is 5.82 Å². The quantitative estimate of drug-likeness (QED) is 0.716. The Labute approximate surface area is 107 Å². The minimum atomic E-state index is -0.332. The molecule has 1 fully saturated rings. The lowest BCUT2D eigenvalue weighted by atomic mass is 10.2. The molecule has 5 nitrogen and oxygen atoms in total. The van der Waals surface area contributed by atoms with Crippen molar-refractivity contribution in [2.75, 3.05) is 32.3 Å². The Kier molecular flexibility index (Phi) is 4.15. The lowest BCUT2D eigenvalue weighted by molar-refractivity contribution is 0.0600. The van der Waals surface area contributed by atoms with Crippen LogP contribution >= 0.6 is 0 Å². The Morgan fingerprint density at radius 2 is 2.28 bits per heavy atom. The van der Waals surface area contributed by atoms with Crippen LogP contribution in [-0.2, 0) is 9.47 Å². The van der Waals surface area contributed by atoms with Crippen LogP contribution in [0.4, 0.5) is 5.82 Å². The molecule has 18 heavy (non-hydrogen) atoms. The van der Waals surface area contributed by atoms with Crippen molar-refractivity contribution in [1.82, 2.24) is 4.98 Å². The van der Waals surface area contributed by atoms with E-state index in [1.54, 1.807) is 25.4 Å². The monoisotopic (exact) mass is 250 g/mol. The Morgan fingerprint density at radius 3 is 2.89 bits per heavy atom. The SMILES string of the molecule is COCCN(c1cc(C(=O)OC)ccn1)C1CC1. The van der Waals surface area contributed by atoms with Crippen molar-refractivity contribution in [3.05, 3.63) is 23.9 Å². The third kappa shape index (κ3) is 2.98. The van der Waals surface area contributed by atoms with Gasteiger partial charge in [-0.1, -0.05) is 0 Å². The van der Waals surface area contributed by atoms with Gasteiger partial charge in [-0.2, -0.15) is 0 Å². The highest BCUT2D eigenvalue weighted by Crippen LogP contribution is 2.30. The molecule has 1 aromatic heterocycles. The number of rotatable bonds is 6. The van der Waals surface area contributed by atoms with E-state index in [9.17, 15) is 4.79 Å². The van der Waals surface area contributed by atoms with Crippen molar-refractivity contribution < 1.29 is 14.3 Å². The first kappa shape index (κ1) is 12.8. The Hall–Kier alpha value is -1.62. The second-order valence-electron chi connectivity index (χ2n) is 4.31. The van der Waals surface area contributed by atoms with Crippen molar-refractivity contribution in [2.24, 2.45) is 0 Å². The van der Waals surface area contributed by atoms with Crippen LogP contribution in [0.2, 0.25) is 0 Å². The third-order valence-corrected chi connectivity index (χ3v) is 2.98. The van der Waals surface area contributed by atoms with Crippen LogP contribution in [0.25, 0.3) is 0 Å². The summed E-state index contributed by atoms with van der Waals surface area (Å²) in [5.41, 5.74) is 0.533. The number of nitrogens with zero attached hydrogens (tertiary/aromatic N) is 2. The number of aromatic nitrogens is 1. The molecule has 1 heterocycles. The lowest BCUT2D eigenvalue weighted by Gasteiger charge is -2.23. The zero-order chi connectivity index (χ0) is 13.0. The van der Waals surface area contributed by atoms with Gasteiger partial charge in [0.05, 0.1) is 19.3 Å². The Bertz CT molecular complexity index is 418. The molecule has 0 atom stereocenters. The van der Waals surface area contributed by atoms with Crippen LogP contribution in [0.5, 0.6) is 0 Å². The van der Waals surface area contributed by atoms with E-state index in [1.165, 1.54) is 20.0 Å². The Balaban J connectivity index is 2.16. The largest absolute Gasteiger partial charge is 0.465 e. The molecule has 0 bridgehead atoms. The van der Waals surface area contributed by atoms with Crippen molar-refractivity contribution in [3.63, 3.8) is 0 Å². The molecule has 0 amide bonds. The lowest BCUT2D eigenvalue weighted by Crippen LogP contribution is -2.30. The number of hydrogen-bond acceptors (Lipinski definition) is 5. The van der Waals surface area contributed by atoms with Gasteiger partial charge in [0, 0.05) is 25.9 Å². The first-order valence-corrected chi connectivity index (χ1v) is 6.06. The molecule has 0 saturated heterocycles. The number of esters is 1. The molecule has 1 saturated carbocycles. The summed E-state index contributed by atoms with van der Waals surface area (Å²) in [6.45, 7) is 1.44. The third-order valence-electron chi connectivity index (χ3n) is 2.98. The molecular weight excluding hydrogens is 232 g/mol. The van der Waals surface area contributed by atoms with Gasteiger partial charge in [-0.15, -0.1) is 0 Å².